The normalized spacial score (nSPS) is 11.1. The van der Waals surface area contributed by atoms with E-state index in [9.17, 15) is 26.9 Å². The predicted molar refractivity (Wildman–Crippen MR) is 78.5 cm³/mol. The molecule has 0 saturated heterocycles. The predicted octanol–water partition coefficient (Wildman–Crippen LogP) is 4.07. The third-order valence-electron chi connectivity index (χ3n) is 2.81. The number of carbonyl (C=O) groups excluding carboxylic acids is 1. The Morgan fingerprint density at radius 1 is 0.920 bits per heavy atom. The molecular weight excluding hydrogens is 367 g/mol. The quantitative estimate of drug-likeness (QED) is 0.431. The van der Waals surface area contributed by atoms with E-state index in [0.717, 1.165) is 31.4 Å². The average Bonchev–Trinajstić information content (AvgIpc) is 2.53. The fraction of sp³-hybridized carbons (Fsp3) is 0.133. The van der Waals surface area contributed by atoms with Crippen LogP contribution in [-0.4, -0.2) is 19.2 Å². The fourth-order valence-electron chi connectivity index (χ4n) is 1.70. The van der Waals surface area contributed by atoms with E-state index in [-0.39, 0.29) is 0 Å². The molecule has 5 nitrogen and oxygen atoms in total. The van der Waals surface area contributed by atoms with Crippen molar-refractivity contribution in [3.8, 4) is 11.5 Å². The van der Waals surface area contributed by atoms with Crippen LogP contribution in [0.2, 0.25) is 0 Å². The van der Waals surface area contributed by atoms with Gasteiger partial charge in [-0.25, -0.2) is 22.1 Å². The van der Waals surface area contributed by atoms with Crippen LogP contribution < -0.4 is 9.05 Å². The van der Waals surface area contributed by atoms with Crippen molar-refractivity contribution in [3.63, 3.8) is 0 Å². The van der Waals surface area contributed by atoms with Crippen LogP contribution in [0.3, 0.4) is 0 Å². The number of hydrogen-bond donors (Lipinski definition) is 0. The number of methoxy groups -OCH3 is 1. The molecule has 0 atom stereocenters. The largest absolute Gasteiger partial charge is 0.468 e. The van der Waals surface area contributed by atoms with Crippen molar-refractivity contribution in [3.05, 3.63) is 59.7 Å². The van der Waals surface area contributed by atoms with E-state index in [4.69, 9.17) is 9.05 Å². The first-order valence-corrected chi connectivity index (χ1v) is 8.40. The molecule has 2 aromatic carbocycles. The molecule has 0 aromatic heterocycles. The first-order valence-electron chi connectivity index (χ1n) is 6.67. The highest BCUT2D eigenvalue weighted by atomic mass is 31.2. The molecule has 0 spiro atoms. The van der Waals surface area contributed by atoms with Gasteiger partial charge in [-0.15, -0.1) is 0 Å². The average molecular weight is 378 g/mol. The molecule has 2 rings (SSSR count). The van der Waals surface area contributed by atoms with E-state index < -0.39 is 54.5 Å². The van der Waals surface area contributed by atoms with Crippen LogP contribution >= 0.6 is 7.60 Å². The number of esters is 1. The lowest BCUT2D eigenvalue weighted by Crippen LogP contribution is -2.15. The Kier molecular flexibility index (Phi) is 5.69. The number of benzene rings is 2. The molecule has 0 N–H and O–H groups in total. The van der Waals surface area contributed by atoms with E-state index in [1.165, 1.54) is 0 Å². The molecule has 0 bridgehead atoms. The summed E-state index contributed by atoms with van der Waals surface area (Å²) in [5, 5.41) is 0. The molecule has 0 aliphatic carbocycles. The zero-order valence-corrected chi connectivity index (χ0v) is 13.6. The number of hydrogen-bond acceptors (Lipinski definition) is 5. The maximum Gasteiger partial charge on any atom is 0.442 e. The fourth-order valence-corrected chi connectivity index (χ4v) is 3.21. The van der Waals surface area contributed by atoms with Crippen molar-refractivity contribution in [1.29, 1.82) is 0 Å². The third-order valence-corrected chi connectivity index (χ3v) is 4.41. The van der Waals surface area contributed by atoms with E-state index >= 15 is 0 Å². The van der Waals surface area contributed by atoms with E-state index in [0.29, 0.717) is 12.1 Å². The smallest absolute Gasteiger partial charge is 0.442 e. The summed E-state index contributed by atoms with van der Waals surface area (Å²) in [5.74, 6) is -6.68. The molecule has 134 valence electrons. The second-order valence-electron chi connectivity index (χ2n) is 4.68. The summed E-state index contributed by atoms with van der Waals surface area (Å²) in [6.45, 7) is 0. The van der Waals surface area contributed by atoms with Crippen LogP contribution in [0.4, 0.5) is 17.6 Å². The summed E-state index contributed by atoms with van der Waals surface area (Å²) in [6, 6.07) is 4.18. The van der Waals surface area contributed by atoms with Crippen molar-refractivity contribution in [1.82, 2.24) is 0 Å². The third kappa shape index (κ3) is 4.96. The minimum atomic E-state index is -4.52. The Morgan fingerprint density at radius 3 is 1.72 bits per heavy atom. The Balaban J connectivity index is 2.36. The maximum atomic E-state index is 13.7. The molecule has 0 aliphatic heterocycles. The number of rotatable bonds is 6. The van der Waals surface area contributed by atoms with Gasteiger partial charge in [0.05, 0.1) is 7.11 Å². The second-order valence-corrected chi connectivity index (χ2v) is 6.58. The van der Waals surface area contributed by atoms with E-state index in [1.807, 2.05) is 0 Å². The number of ether oxygens (including phenoxy) is 1. The lowest BCUT2D eigenvalue weighted by Gasteiger charge is -2.19. The van der Waals surface area contributed by atoms with Gasteiger partial charge in [0.15, 0.2) is 29.3 Å². The SMILES string of the molecule is COC(=O)CP(=O)(Oc1ccc(F)cc1F)Oc1ccc(F)cc1F. The van der Waals surface area contributed by atoms with Crippen LogP contribution in [0.25, 0.3) is 0 Å². The molecule has 0 amide bonds. The van der Waals surface area contributed by atoms with Crippen molar-refractivity contribution < 1.29 is 40.7 Å². The number of carbonyl (C=O) groups is 1. The summed E-state index contributed by atoms with van der Waals surface area (Å²) in [5.41, 5.74) is 0. The highest BCUT2D eigenvalue weighted by Crippen LogP contribution is 2.49. The van der Waals surface area contributed by atoms with Crippen LogP contribution in [0.5, 0.6) is 11.5 Å². The van der Waals surface area contributed by atoms with Gasteiger partial charge < -0.3 is 13.8 Å². The minimum Gasteiger partial charge on any atom is -0.468 e. The molecule has 2 aromatic rings. The van der Waals surface area contributed by atoms with Crippen LogP contribution in [-0.2, 0) is 14.1 Å². The van der Waals surface area contributed by atoms with Gasteiger partial charge in [-0.05, 0) is 24.3 Å². The van der Waals surface area contributed by atoms with Gasteiger partial charge in [0.1, 0.15) is 11.6 Å². The molecule has 10 heteroatoms. The van der Waals surface area contributed by atoms with Crippen molar-refractivity contribution in [2.75, 3.05) is 13.3 Å². The molecule has 25 heavy (non-hydrogen) atoms. The summed E-state index contributed by atoms with van der Waals surface area (Å²) >= 11 is 0. The van der Waals surface area contributed by atoms with Crippen LogP contribution in [0.15, 0.2) is 36.4 Å². The molecule has 0 heterocycles. The van der Waals surface area contributed by atoms with Crippen LogP contribution in [0.1, 0.15) is 0 Å². The lowest BCUT2D eigenvalue weighted by molar-refractivity contribution is -0.137. The Labute approximate surface area is 139 Å². The van der Waals surface area contributed by atoms with E-state index in [1.54, 1.807) is 0 Å². The van der Waals surface area contributed by atoms with Crippen molar-refractivity contribution >= 4 is 13.6 Å². The maximum absolute atomic E-state index is 13.7. The standard InChI is InChI=1S/C15H11F4O5P/c1-22-15(20)8-25(21,23-13-4-2-9(16)6-11(13)18)24-14-5-3-10(17)7-12(14)19/h2-7H,8H2,1H3. The molecular formula is C15H11F4O5P. The summed E-state index contributed by atoms with van der Waals surface area (Å²) < 4.78 is 80.1. The lowest BCUT2D eigenvalue weighted by atomic mass is 10.3. The highest BCUT2D eigenvalue weighted by molar-refractivity contribution is 7.55. The van der Waals surface area contributed by atoms with Gasteiger partial charge in [0.2, 0.25) is 0 Å². The van der Waals surface area contributed by atoms with Crippen LogP contribution in [0, 0.1) is 23.3 Å². The molecule has 0 fully saturated rings. The molecule has 0 saturated carbocycles. The first-order chi connectivity index (χ1) is 11.7. The van der Waals surface area contributed by atoms with Gasteiger partial charge in [0.25, 0.3) is 0 Å². The molecule has 0 radical (unpaired) electrons. The van der Waals surface area contributed by atoms with Crippen molar-refractivity contribution in [2.45, 2.75) is 0 Å². The van der Waals surface area contributed by atoms with Gasteiger partial charge in [0, 0.05) is 12.1 Å². The monoisotopic (exact) mass is 378 g/mol. The summed E-state index contributed by atoms with van der Waals surface area (Å²) in [6.07, 6.45) is -0.989. The first kappa shape index (κ1) is 18.8. The molecule has 0 aliphatic rings. The zero-order chi connectivity index (χ0) is 18.6. The second kappa shape index (κ2) is 7.57. The molecule has 0 unspecified atom stereocenters. The summed E-state index contributed by atoms with van der Waals surface area (Å²) in [4.78, 5) is 11.4. The van der Waals surface area contributed by atoms with Gasteiger partial charge in [-0.3, -0.25) is 4.79 Å². The van der Waals surface area contributed by atoms with E-state index in [2.05, 4.69) is 4.74 Å². The van der Waals surface area contributed by atoms with Gasteiger partial charge in [-0.1, -0.05) is 0 Å². The van der Waals surface area contributed by atoms with Gasteiger partial charge in [-0.2, -0.15) is 0 Å². The summed E-state index contributed by atoms with van der Waals surface area (Å²) in [7, 11) is -3.53. The van der Waals surface area contributed by atoms with Gasteiger partial charge >= 0.3 is 13.6 Å². The Hall–Kier alpha value is -2.54. The Morgan fingerprint density at radius 2 is 1.36 bits per heavy atom. The number of halogens is 4. The van der Waals surface area contributed by atoms with Crippen molar-refractivity contribution in [2.24, 2.45) is 0 Å². The topological polar surface area (TPSA) is 61.8 Å². The zero-order valence-electron chi connectivity index (χ0n) is 12.7. The minimum absolute atomic E-state index is 0.455. The highest BCUT2D eigenvalue weighted by Gasteiger charge is 2.34. The Bertz CT molecular complexity index is 785.